The highest BCUT2D eigenvalue weighted by Crippen LogP contribution is 2.49. The summed E-state index contributed by atoms with van der Waals surface area (Å²) >= 11 is 0. The molecule has 2 N–H and O–H groups in total. The summed E-state index contributed by atoms with van der Waals surface area (Å²) in [6, 6.07) is 12.0. The second-order valence-electron chi connectivity index (χ2n) is 9.11. The minimum atomic E-state index is -0.196. The number of carbonyl (C=O) groups is 1. The maximum Gasteiger partial charge on any atom is 0.319 e. The number of hydrogen-bond acceptors (Lipinski definition) is 6. The van der Waals surface area contributed by atoms with Crippen molar-refractivity contribution < 1.29 is 23.7 Å². The first kappa shape index (κ1) is 21.7. The number of benzene rings is 2. The first-order chi connectivity index (χ1) is 16.0. The van der Waals surface area contributed by atoms with Crippen LogP contribution in [0.2, 0.25) is 0 Å². The molecule has 1 aliphatic carbocycles. The van der Waals surface area contributed by atoms with Crippen LogP contribution in [0.15, 0.2) is 36.4 Å². The number of likely N-dealkylation sites (N-methyl/N-ethyl adjacent to an activating group) is 1. The third-order valence-electron chi connectivity index (χ3n) is 7.45. The van der Waals surface area contributed by atoms with E-state index in [4.69, 9.17) is 18.9 Å². The highest BCUT2D eigenvalue weighted by Gasteiger charge is 2.50. The summed E-state index contributed by atoms with van der Waals surface area (Å²) < 4.78 is 21.7. The monoisotopic (exact) mass is 453 g/mol. The Kier molecular flexibility index (Phi) is 5.70. The minimum absolute atomic E-state index is 0.0558. The number of urea groups is 1. The van der Waals surface area contributed by atoms with Gasteiger partial charge in [-0.1, -0.05) is 6.07 Å². The Labute approximate surface area is 194 Å². The predicted octanol–water partition coefficient (Wildman–Crippen LogP) is 3.75. The third kappa shape index (κ3) is 3.93. The fraction of sp³-hybridized carbons (Fsp3) is 0.480. The molecule has 1 saturated heterocycles. The van der Waals surface area contributed by atoms with Crippen molar-refractivity contribution in [2.45, 2.75) is 43.2 Å². The minimum Gasteiger partial charge on any atom is -0.493 e. The standard InChI is InChI=1S/C25H31N3O5/c1-28-11-10-25(16-4-6-19(30-2)21(12-16)31-3)9-8-18(14-23(25)28)27-24(29)26-17-5-7-20-22(13-17)33-15-32-20/h4-7,12-13,18,23H,8-11,14-15H2,1-3H3,(H2,26,27,29). The Bertz CT molecular complexity index is 1040. The molecule has 2 aromatic carbocycles. The first-order valence-electron chi connectivity index (χ1n) is 11.4. The van der Waals surface area contributed by atoms with Gasteiger partial charge in [0, 0.05) is 29.3 Å². The zero-order chi connectivity index (χ0) is 23.0. The van der Waals surface area contributed by atoms with Crippen LogP contribution in [-0.2, 0) is 5.41 Å². The highest BCUT2D eigenvalue weighted by molar-refractivity contribution is 5.89. The van der Waals surface area contributed by atoms with Gasteiger partial charge in [-0.25, -0.2) is 4.79 Å². The molecule has 2 fully saturated rings. The first-order valence-corrected chi connectivity index (χ1v) is 11.4. The molecule has 8 heteroatoms. The van der Waals surface area contributed by atoms with Crippen molar-refractivity contribution >= 4 is 11.7 Å². The number of carbonyl (C=O) groups excluding carboxylic acids is 1. The van der Waals surface area contributed by atoms with Crippen LogP contribution in [0.3, 0.4) is 0 Å². The lowest BCUT2D eigenvalue weighted by Gasteiger charge is -2.45. The lowest BCUT2D eigenvalue weighted by atomic mass is 9.65. The van der Waals surface area contributed by atoms with Gasteiger partial charge in [0.2, 0.25) is 6.79 Å². The molecule has 33 heavy (non-hydrogen) atoms. The van der Waals surface area contributed by atoms with Crippen molar-refractivity contribution in [1.29, 1.82) is 0 Å². The summed E-state index contributed by atoms with van der Waals surface area (Å²) in [5.74, 6) is 2.86. The van der Waals surface area contributed by atoms with E-state index >= 15 is 0 Å². The number of methoxy groups -OCH3 is 2. The van der Waals surface area contributed by atoms with Crippen LogP contribution >= 0.6 is 0 Å². The average Bonchev–Trinajstić information content (AvgIpc) is 3.43. The lowest BCUT2D eigenvalue weighted by molar-refractivity contribution is 0.156. The van der Waals surface area contributed by atoms with Crippen LogP contribution in [0.4, 0.5) is 10.5 Å². The number of ether oxygens (including phenoxy) is 4. The van der Waals surface area contributed by atoms with Gasteiger partial charge in [0.25, 0.3) is 0 Å². The van der Waals surface area contributed by atoms with E-state index in [0.717, 1.165) is 43.7 Å². The van der Waals surface area contributed by atoms with Crippen LogP contribution in [-0.4, -0.2) is 57.6 Å². The van der Waals surface area contributed by atoms with E-state index in [9.17, 15) is 4.79 Å². The third-order valence-corrected chi connectivity index (χ3v) is 7.45. The Balaban J connectivity index is 1.28. The summed E-state index contributed by atoms with van der Waals surface area (Å²) in [6.45, 7) is 1.25. The Hall–Kier alpha value is -3.13. The SMILES string of the molecule is COc1ccc(C23CCC(NC(=O)Nc4ccc5c(c4)OCO5)CC2N(C)CC3)cc1OC. The van der Waals surface area contributed by atoms with E-state index in [1.807, 2.05) is 18.2 Å². The molecule has 0 radical (unpaired) electrons. The number of fused-ring (bicyclic) bond motifs is 2. The summed E-state index contributed by atoms with van der Waals surface area (Å²) in [6.07, 6.45) is 3.93. The summed E-state index contributed by atoms with van der Waals surface area (Å²) in [4.78, 5) is 15.2. The molecule has 0 spiro atoms. The number of nitrogens with zero attached hydrogens (tertiary/aromatic N) is 1. The quantitative estimate of drug-likeness (QED) is 0.718. The maximum atomic E-state index is 12.7. The highest BCUT2D eigenvalue weighted by atomic mass is 16.7. The Morgan fingerprint density at radius 3 is 2.70 bits per heavy atom. The van der Waals surface area contributed by atoms with Gasteiger partial charge in [-0.05, 0) is 69.1 Å². The second kappa shape index (κ2) is 8.67. The summed E-state index contributed by atoms with van der Waals surface area (Å²) in [5, 5.41) is 6.11. The molecule has 3 aliphatic rings. The summed E-state index contributed by atoms with van der Waals surface area (Å²) in [7, 11) is 5.52. The molecule has 2 amide bonds. The molecule has 0 aromatic heterocycles. The van der Waals surface area contributed by atoms with Gasteiger partial charge in [0.15, 0.2) is 23.0 Å². The molecule has 3 unspecified atom stereocenters. The number of anilines is 1. The number of rotatable bonds is 5. The van der Waals surface area contributed by atoms with Gasteiger partial charge in [0.05, 0.1) is 14.2 Å². The predicted molar refractivity (Wildman–Crippen MR) is 125 cm³/mol. The average molecular weight is 454 g/mol. The molecule has 176 valence electrons. The van der Waals surface area contributed by atoms with Gasteiger partial charge in [0.1, 0.15) is 0 Å². The zero-order valence-electron chi connectivity index (χ0n) is 19.3. The molecule has 3 atom stereocenters. The molecule has 2 heterocycles. The molecule has 2 aromatic rings. The van der Waals surface area contributed by atoms with Gasteiger partial charge >= 0.3 is 6.03 Å². The molecule has 8 nitrogen and oxygen atoms in total. The van der Waals surface area contributed by atoms with Crippen molar-refractivity contribution in [1.82, 2.24) is 10.2 Å². The van der Waals surface area contributed by atoms with Crippen LogP contribution in [0, 0.1) is 0 Å². The number of hydrogen-bond donors (Lipinski definition) is 2. The van der Waals surface area contributed by atoms with E-state index in [1.54, 1.807) is 20.3 Å². The molecule has 0 bridgehead atoms. The van der Waals surface area contributed by atoms with Crippen LogP contribution in [0.1, 0.15) is 31.2 Å². The van der Waals surface area contributed by atoms with Gasteiger partial charge < -0.3 is 34.5 Å². The van der Waals surface area contributed by atoms with Crippen LogP contribution in [0.25, 0.3) is 0 Å². The number of likely N-dealkylation sites (tertiary alicyclic amines) is 1. The van der Waals surface area contributed by atoms with E-state index in [2.05, 4.69) is 34.7 Å². The lowest BCUT2D eigenvalue weighted by Crippen LogP contribution is -2.52. The zero-order valence-corrected chi connectivity index (χ0v) is 19.3. The van der Waals surface area contributed by atoms with E-state index in [0.29, 0.717) is 23.2 Å². The van der Waals surface area contributed by atoms with E-state index < -0.39 is 0 Å². The molecule has 2 aliphatic heterocycles. The Morgan fingerprint density at radius 1 is 1.06 bits per heavy atom. The van der Waals surface area contributed by atoms with Gasteiger partial charge in [-0.2, -0.15) is 0 Å². The molecule has 5 rings (SSSR count). The maximum absolute atomic E-state index is 12.7. The van der Waals surface area contributed by atoms with Crippen molar-refractivity contribution in [3.8, 4) is 23.0 Å². The fourth-order valence-corrected chi connectivity index (χ4v) is 5.72. The van der Waals surface area contributed by atoms with Crippen LogP contribution < -0.4 is 29.6 Å². The Morgan fingerprint density at radius 2 is 1.88 bits per heavy atom. The molecular weight excluding hydrogens is 422 g/mol. The van der Waals surface area contributed by atoms with Gasteiger partial charge in [-0.3, -0.25) is 0 Å². The topological polar surface area (TPSA) is 81.3 Å². The van der Waals surface area contributed by atoms with Gasteiger partial charge in [-0.15, -0.1) is 0 Å². The van der Waals surface area contributed by atoms with Crippen molar-refractivity contribution in [3.63, 3.8) is 0 Å². The molecular formula is C25H31N3O5. The van der Waals surface area contributed by atoms with E-state index in [1.165, 1.54) is 5.56 Å². The van der Waals surface area contributed by atoms with Crippen molar-refractivity contribution in [3.05, 3.63) is 42.0 Å². The number of amides is 2. The normalized spacial score (nSPS) is 25.9. The summed E-state index contributed by atoms with van der Waals surface area (Å²) in [5.41, 5.74) is 2.03. The largest absolute Gasteiger partial charge is 0.493 e. The van der Waals surface area contributed by atoms with Crippen LogP contribution in [0.5, 0.6) is 23.0 Å². The van der Waals surface area contributed by atoms with Crippen molar-refractivity contribution in [2.75, 3.05) is 39.9 Å². The van der Waals surface area contributed by atoms with E-state index in [-0.39, 0.29) is 24.3 Å². The smallest absolute Gasteiger partial charge is 0.319 e. The number of nitrogens with one attached hydrogen (secondary N) is 2. The van der Waals surface area contributed by atoms with Crippen molar-refractivity contribution in [2.24, 2.45) is 0 Å². The second-order valence-corrected chi connectivity index (χ2v) is 9.11. The molecule has 1 saturated carbocycles. The fourth-order valence-electron chi connectivity index (χ4n) is 5.72.